The average molecular weight is 256 g/mol. The van der Waals surface area contributed by atoms with Gasteiger partial charge in [-0.2, -0.15) is 4.98 Å². The van der Waals surface area contributed by atoms with Gasteiger partial charge in [0.05, 0.1) is 0 Å². The Bertz CT molecular complexity index is 391. The summed E-state index contributed by atoms with van der Waals surface area (Å²) in [6.45, 7) is 3.74. The molecule has 0 aromatic carbocycles. The summed E-state index contributed by atoms with van der Waals surface area (Å²) in [6.07, 6.45) is 1.62. The number of urea groups is 1. The molecule has 0 bridgehead atoms. The molecule has 1 aromatic rings. The largest absolute Gasteiger partial charge is 0.480 e. The van der Waals surface area contributed by atoms with Gasteiger partial charge in [0.1, 0.15) is 6.04 Å². The number of rotatable bonds is 6. The number of amides is 2. The summed E-state index contributed by atoms with van der Waals surface area (Å²) in [5.74, 6) is -0.766. The van der Waals surface area contributed by atoms with Crippen LogP contribution in [0.25, 0.3) is 0 Å². The van der Waals surface area contributed by atoms with E-state index in [9.17, 15) is 9.59 Å². The van der Waals surface area contributed by atoms with Crippen LogP contribution in [0.5, 0.6) is 0 Å². The molecule has 0 radical (unpaired) electrons. The van der Waals surface area contributed by atoms with Crippen LogP contribution in [0.15, 0.2) is 10.9 Å². The monoisotopic (exact) mass is 256 g/mol. The van der Waals surface area contributed by atoms with Crippen LogP contribution in [0.2, 0.25) is 0 Å². The average Bonchev–Trinajstić information content (AvgIpc) is 2.78. The number of nitrogens with one attached hydrogen (secondary N) is 2. The zero-order valence-electron chi connectivity index (χ0n) is 10.2. The van der Waals surface area contributed by atoms with Gasteiger partial charge in [0.25, 0.3) is 0 Å². The van der Waals surface area contributed by atoms with Gasteiger partial charge in [0.2, 0.25) is 6.39 Å². The summed E-state index contributed by atoms with van der Waals surface area (Å²) in [5.41, 5.74) is 0. The van der Waals surface area contributed by atoms with Crippen molar-refractivity contribution in [2.75, 3.05) is 6.54 Å². The van der Waals surface area contributed by atoms with Gasteiger partial charge in [-0.05, 0) is 5.92 Å². The second-order valence-corrected chi connectivity index (χ2v) is 4.06. The lowest BCUT2D eigenvalue weighted by Crippen LogP contribution is -2.48. The fraction of sp³-hybridized carbons (Fsp3) is 0.600. The van der Waals surface area contributed by atoms with Crippen LogP contribution in [0.3, 0.4) is 0 Å². The Hall–Kier alpha value is -2.12. The zero-order chi connectivity index (χ0) is 13.5. The van der Waals surface area contributed by atoms with Crippen molar-refractivity contribution in [1.29, 1.82) is 0 Å². The van der Waals surface area contributed by atoms with Gasteiger partial charge in [0, 0.05) is 13.0 Å². The van der Waals surface area contributed by atoms with Crippen molar-refractivity contribution >= 4 is 12.0 Å². The fourth-order valence-electron chi connectivity index (χ4n) is 1.30. The maximum atomic E-state index is 11.4. The highest BCUT2D eigenvalue weighted by Crippen LogP contribution is 2.01. The van der Waals surface area contributed by atoms with E-state index in [1.807, 2.05) is 0 Å². The molecule has 0 aliphatic rings. The van der Waals surface area contributed by atoms with E-state index < -0.39 is 18.0 Å². The van der Waals surface area contributed by atoms with E-state index in [4.69, 9.17) is 5.11 Å². The minimum atomic E-state index is -1.06. The minimum absolute atomic E-state index is 0.189. The summed E-state index contributed by atoms with van der Waals surface area (Å²) in [5, 5.41) is 17.4. The maximum absolute atomic E-state index is 11.4. The lowest BCUT2D eigenvalue weighted by molar-refractivity contribution is -0.140. The third-order valence-corrected chi connectivity index (χ3v) is 2.26. The molecule has 8 nitrogen and oxygen atoms in total. The molecule has 0 saturated heterocycles. The van der Waals surface area contributed by atoms with E-state index in [1.54, 1.807) is 13.8 Å². The van der Waals surface area contributed by atoms with Gasteiger partial charge >= 0.3 is 12.0 Å². The molecule has 0 fully saturated rings. The van der Waals surface area contributed by atoms with Crippen LogP contribution in [0.1, 0.15) is 19.7 Å². The molecule has 18 heavy (non-hydrogen) atoms. The molecule has 1 aromatic heterocycles. The van der Waals surface area contributed by atoms with Gasteiger partial charge in [-0.3, -0.25) is 0 Å². The number of carboxylic acid groups (broad SMARTS) is 1. The predicted octanol–water partition coefficient (Wildman–Crippen LogP) is 0.0205. The maximum Gasteiger partial charge on any atom is 0.326 e. The molecule has 1 atom stereocenters. The summed E-state index contributed by atoms with van der Waals surface area (Å²) in [4.78, 5) is 26.1. The first-order chi connectivity index (χ1) is 8.50. The highest BCUT2D eigenvalue weighted by molar-refractivity contribution is 5.82. The summed E-state index contributed by atoms with van der Waals surface area (Å²) >= 11 is 0. The number of carbonyl (C=O) groups excluding carboxylic acids is 1. The first-order valence-electron chi connectivity index (χ1n) is 5.53. The predicted molar refractivity (Wildman–Crippen MR) is 60.8 cm³/mol. The van der Waals surface area contributed by atoms with E-state index in [-0.39, 0.29) is 5.92 Å². The Morgan fingerprint density at radius 1 is 1.50 bits per heavy atom. The molecule has 0 saturated carbocycles. The number of aliphatic carboxylic acids is 1. The number of aromatic nitrogens is 2. The molecule has 0 spiro atoms. The number of nitrogens with zero attached hydrogens (tertiary/aromatic N) is 2. The summed E-state index contributed by atoms with van der Waals surface area (Å²) in [6, 6.07) is -1.44. The van der Waals surface area contributed by atoms with Gasteiger partial charge in [-0.25, -0.2) is 9.59 Å². The number of carboxylic acids is 1. The van der Waals surface area contributed by atoms with E-state index in [2.05, 4.69) is 25.3 Å². The van der Waals surface area contributed by atoms with Crippen molar-refractivity contribution in [3.63, 3.8) is 0 Å². The van der Waals surface area contributed by atoms with Gasteiger partial charge in [-0.15, -0.1) is 0 Å². The van der Waals surface area contributed by atoms with Crippen molar-refractivity contribution in [2.24, 2.45) is 5.92 Å². The van der Waals surface area contributed by atoms with Crippen molar-refractivity contribution in [3.05, 3.63) is 12.2 Å². The Balaban J connectivity index is 2.30. The number of carbonyl (C=O) groups is 2. The lowest BCUT2D eigenvalue weighted by Gasteiger charge is -2.18. The first-order valence-corrected chi connectivity index (χ1v) is 5.53. The first kappa shape index (κ1) is 13.9. The summed E-state index contributed by atoms with van der Waals surface area (Å²) < 4.78 is 4.53. The van der Waals surface area contributed by atoms with Crippen LogP contribution in [0, 0.1) is 5.92 Å². The molecule has 1 heterocycles. The summed E-state index contributed by atoms with van der Waals surface area (Å²) in [7, 11) is 0. The van der Waals surface area contributed by atoms with E-state index in [0.29, 0.717) is 18.8 Å². The third-order valence-electron chi connectivity index (χ3n) is 2.26. The Labute approximate surface area is 104 Å². The lowest BCUT2D eigenvalue weighted by atomic mass is 10.1. The molecule has 3 N–H and O–H groups in total. The van der Waals surface area contributed by atoms with E-state index >= 15 is 0 Å². The molecule has 8 heteroatoms. The topological polar surface area (TPSA) is 117 Å². The molecule has 2 amide bonds. The fourth-order valence-corrected chi connectivity index (χ4v) is 1.30. The normalized spacial score (nSPS) is 12.2. The van der Waals surface area contributed by atoms with Gasteiger partial charge < -0.3 is 20.3 Å². The Morgan fingerprint density at radius 2 is 2.22 bits per heavy atom. The Morgan fingerprint density at radius 3 is 2.72 bits per heavy atom. The quantitative estimate of drug-likeness (QED) is 0.660. The van der Waals surface area contributed by atoms with Crippen LogP contribution < -0.4 is 10.6 Å². The molecule has 1 rings (SSSR count). The molecule has 0 unspecified atom stereocenters. The number of hydrogen-bond acceptors (Lipinski definition) is 5. The SMILES string of the molecule is CC(C)[C@@H](NC(=O)NCCc1ncon1)C(=O)O. The van der Waals surface area contributed by atoms with Crippen LogP contribution in [0.4, 0.5) is 4.79 Å². The number of hydrogen-bond donors (Lipinski definition) is 3. The molecular weight excluding hydrogens is 240 g/mol. The standard InChI is InChI=1S/C10H16N4O4/c1-6(2)8(9(15)16)13-10(17)11-4-3-7-12-5-18-14-7/h5-6,8H,3-4H2,1-2H3,(H,15,16)(H2,11,13,17)/t8-/m1/s1. The minimum Gasteiger partial charge on any atom is -0.480 e. The molecule has 100 valence electrons. The molecule has 0 aliphatic carbocycles. The molecule has 0 aliphatic heterocycles. The van der Waals surface area contributed by atoms with Gasteiger partial charge in [-0.1, -0.05) is 19.0 Å². The van der Waals surface area contributed by atoms with E-state index in [1.165, 1.54) is 6.39 Å². The van der Waals surface area contributed by atoms with Gasteiger partial charge in [0.15, 0.2) is 5.82 Å². The Kier molecular flexibility index (Phi) is 5.09. The van der Waals surface area contributed by atoms with Crippen LogP contribution in [-0.2, 0) is 11.2 Å². The van der Waals surface area contributed by atoms with Crippen molar-refractivity contribution in [1.82, 2.24) is 20.8 Å². The third kappa shape index (κ3) is 4.40. The second-order valence-electron chi connectivity index (χ2n) is 4.06. The second kappa shape index (κ2) is 6.58. The smallest absolute Gasteiger partial charge is 0.326 e. The highest BCUT2D eigenvalue weighted by atomic mass is 16.5. The molecular formula is C10H16N4O4. The highest BCUT2D eigenvalue weighted by Gasteiger charge is 2.23. The van der Waals surface area contributed by atoms with Crippen molar-refractivity contribution in [3.8, 4) is 0 Å². The zero-order valence-corrected chi connectivity index (χ0v) is 10.2. The van der Waals surface area contributed by atoms with Crippen LogP contribution >= 0.6 is 0 Å². The van der Waals surface area contributed by atoms with Crippen LogP contribution in [-0.4, -0.2) is 39.8 Å². The van der Waals surface area contributed by atoms with E-state index in [0.717, 1.165) is 0 Å². The van der Waals surface area contributed by atoms with Crippen molar-refractivity contribution < 1.29 is 19.2 Å². The van der Waals surface area contributed by atoms with Crippen molar-refractivity contribution in [2.45, 2.75) is 26.3 Å².